The number of methoxy groups -OCH3 is 1. The fourth-order valence-corrected chi connectivity index (χ4v) is 3.32. The molecule has 0 spiro atoms. The Morgan fingerprint density at radius 1 is 1.23 bits per heavy atom. The van der Waals surface area contributed by atoms with E-state index >= 15 is 0 Å². The summed E-state index contributed by atoms with van der Waals surface area (Å²) in [6.45, 7) is 1.03. The van der Waals surface area contributed by atoms with Gasteiger partial charge in [0.25, 0.3) is 0 Å². The van der Waals surface area contributed by atoms with E-state index in [0.717, 1.165) is 0 Å². The topological polar surface area (TPSA) is 107 Å². The van der Waals surface area contributed by atoms with Crippen molar-refractivity contribution in [3.8, 4) is 17.2 Å². The number of phenolic OH excluding ortho intramolecular Hbond substituents is 1. The summed E-state index contributed by atoms with van der Waals surface area (Å²) in [6.07, 6.45) is 3.34. The summed E-state index contributed by atoms with van der Waals surface area (Å²) in [4.78, 5) is 24.8. The van der Waals surface area contributed by atoms with Gasteiger partial charge < -0.3 is 24.0 Å². The maximum atomic E-state index is 12.1. The second-order valence-electron chi connectivity index (χ2n) is 7.04. The van der Waals surface area contributed by atoms with E-state index in [4.69, 9.17) is 9.47 Å². The smallest absolute Gasteiger partial charge is 0.302 e. The second-order valence-corrected chi connectivity index (χ2v) is 7.04. The molecule has 0 aliphatic rings. The van der Waals surface area contributed by atoms with Crippen molar-refractivity contribution in [3.63, 3.8) is 0 Å². The van der Waals surface area contributed by atoms with Gasteiger partial charge in [0.15, 0.2) is 0 Å². The van der Waals surface area contributed by atoms with E-state index in [1.165, 1.54) is 19.1 Å². The molecule has 0 radical (unpaired) electrons. The standard InChI is InChI=1S/C22H23N3O6/c1-14(26)31-13-18-20(27)10-9-17-21(18)24(15-5-7-16(30-4)8-6-15)19(11-12-23(2)3)22(17)25(28)29/h5-12,27H,13H2,1-4H3. The lowest BCUT2D eigenvalue weighted by Gasteiger charge is -2.13. The van der Waals surface area contributed by atoms with Crippen molar-refractivity contribution >= 4 is 28.6 Å². The normalized spacial score (nSPS) is 11.1. The van der Waals surface area contributed by atoms with Gasteiger partial charge in [0, 0.05) is 32.9 Å². The van der Waals surface area contributed by atoms with Crippen LogP contribution in [-0.2, 0) is 16.1 Å². The summed E-state index contributed by atoms with van der Waals surface area (Å²) in [5.74, 6) is -0.0247. The molecule has 0 atom stereocenters. The van der Waals surface area contributed by atoms with Crippen molar-refractivity contribution < 1.29 is 24.3 Å². The summed E-state index contributed by atoms with van der Waals surface area (Å²) in [5, 5.41) is 22.9. The van der Waals surface area contributed by atoms with Crippen LogP contribution < -0.4 is 4.74 Å². The number of esters is 1. The van der Waals surface area contributed by atoms with Gasteiger partial charge >= 0.3 is 11.7 Å². The molecule has 0 saturated carbocycles. The first-order chi connectivity index (χ1) is 14.7. The van der Waals surface area contributed by atoms with E-state index in [0.29, 0.717) is 28.0 Å². The van der Waals surface area contributed by atoms with Crippen LogP contribution in [-0.4, -0.2) is 46.7 Å². The van der Waals surface area contributed by atoms with Crippen LogP contribution in [0, 0.1) is 10.1 Å². The van der Waals surface area contributed by atoms with Crippen LogP contribution in [0.5, 0.6) is 11.5 Å². The summed E-state index contributed by atoms with van der Waals surface area (Å²) in [5.41, 5.74) is 1.47. The highest BCUT2D eigenvalue weighted by Gasteiger charge is 2.28. The summed E-state index contributed by atoms with van der Waals surface area (Å²) < 4.78 is 12.0. The molecule has 1 heterocycles. The van der Waals surface area contributed by atoms with Crippen LogP contribution in [0.3, 0.4) is 0 Å². The highest BCUT2D eigenvalue weighted by molar-refractivity contribution is 5.99. The van der Waals surface area contributed by atoms with Gasteiger partial charge in [-0.1, -0.05) is 0 Å². The average Bonchev–Trinajstić information content (AvgIpc) is 3.05. The molecule has 1 N–H and O–H groups in total. The number of nitrogens with zero attached hydrogens (tertiary/aromatic N) is 3. The van der Waals surface area contributed by atoms with Crippen LogP contribution >= 0.6 is 0 Å². The molecule has 0 amide bonds. The predicted octanol–water partition coefficient (Wildman–Crippen LogP) is 3.85. The SMILES string of the molecule is COc1ccc(-n2c(C=CN(C)C)c([N+](=O)[O-])c3ccc(O)c(COC(C)=O)c32)cc1. The second kappa shape index (κ2) is 8.78. The molecule has 0 aliphatic heterocycles. The van der Waals surface area contributed by atoms with E-state index < -0.39 is 10.9 Å². The Balaban J connectivity index is 2.44. The number of hydrogen-bond donors (Lipinski definition) is 1. The maximum absolute atomic E-state index is 12.1. The Morgan fingerprint density at radius 3 is 2.45 bits per heavy atom. The third-order valence-electron chi connectivity index (χ3n) is 4.68. The molecule has 3 aromatic rings. The first-order valence-corrected chi connectivity index (χ1v) is 9.40. The van der Waals surface area contributed by atoms with E-state index in [2.05, 4.69) is 0 Å². The molecule has 162 valence electrons. The third kappa shape index (κ3) is 4.30. The highest BCUT2D eigenvalue weighted by atomic mass is 16.6. The predicted molar refractivity (Wildman–Crippen MR) is 116 cm³/mol. The molecule has 0 fully saturated rings. The van der Waals surface area contributed by atoms with Gasteiger partial charge in [0.2, 0.25) is 0 Å². The fourth-order valence-electron chi connectivity index (χ4n) is 3.32. The molecular formula is C22H23N3O6. The Bertz CT molecular complexity index is 1160. The largest absolute Gasteiger partial charge is 0.507 e. The van der Waals surface area contributed by atoms with Gasteiger partial charge in [0.1, 0.15) is 23.8 Å². The number of phenols is 1. The molecule has 9 nitrogen and oxygen atoms in total. The van der Waals surface area contributed by atoms with Crippen molar-refractivity contribution in [2.24, 2.45) is 0 Å². The average molecular weight is 425 g/mol. The van der Waals surface area contributed by atoms with Crippen LogP contribution in [0.4, 0.5) is 5.69 Å². The molecule has 0 bridgehead atoms. The summed E-state index contributed by atoms with van der Waals surface area (Å²) in [7, 11) is 5.16. The van der Waals surface area contributed by atoms with E-state index in [9.17, 15) is 20.0 Å². The van der Waals surface area contributed by atoms with Crippen molar-refractivity contribution in [1.29, 1.82) is 0 Å². The summed E-state index contributed by atoms with van der Waals surface area (Å²) >= 11 is 0. The van der Waals surface area contributed by atoms with Crippen molar-refractivity contribution in [3.05, 3.63) is 64.0 Å². The van der Waals surface area contributed by atoms with Gasteiger partial charge in [-0.3, -0.25) is 14.9 Å². The molecule has 1 aromatic heterocycles. The van der Waals surface area contributed by atoms with E-state index in [1.807, 2.05) is 0 Å². The minimum atomic E-state index is -0.527. The first kappa shape index (κ1) is 21.7. The third-order valence-corrected chi connectivity index (χ3v) is 4.68. The number of aromatic nitrogens is 1. The summed E-state index contributed by atoms with van der Waals surface area (Å²) in [6, 6.07) is 9.85. The van der Waals surface area contributed by atoms with Gasteiger partial charge in [-0.05, 0) is 42.5 Å². The number of nitro groups is 1. The maximum Gasteiger partial charge on any atom is 0.302 e. The molecule has 9 heteroatoms. The van der Waals surface area contributed by atoms with Gasteiger partial charge in [-0.2, -0.15) is 0 Å². The van der Waals surface area contributed by atoms with E-state index in [-0.39, 0.29) is 23.6 Å². The van der Waals surface area contributed by atoms with Gasteiger partial charge in [0.05, 0.1) is 28.5 Å². The zero-order valence-electron chi connectivity index (χ0n) is 17.7. The molecule has 0 saturated heterocycles. The lowest BCUT2D eigenvalue weighted by atomic mass is 10.1. The Kier molecular flexibility index (Phi) is 6.15. The molecule has 2 aromatic carbocycles. The Labute approximate surface area is 178 Å². The number of rotatable bonds is 7. The van der Waals surface area contributed by atoms with Crippen LogP contribution in [0.2, 0.25) is 0 Å². The number of benzene rings is 2. The van der Waals surface area contributed by atoms with Crippen molar-refractivity contribution in [1.82, 2.24) is 9.47 Å². The molecular weight excluding hydrogens is 402 g/mol. The van der Waals surface area contributed by atoms with Crippen LogP contribution in [0.15, 0.2) is 42.6 Å². The molecule has 3 rings (SSSR count). The van der Waals surface area contributed by atoms with E-state index in [1.54, 1.807) is 67.2 Å². The number of hydrogen-bond acceptors (Lipinski definition) is 7. The number of fused-ring (bicyclic) bond motifs is 1. The monoisotopic (exact) mass is 425 g/mol. The fraction of sp³-hybridized carbons (Fsp3) is 0.227. The van der Waals surface area contributed by atoms with Gasteiger partial charge in [-0.25, -0.2) is 0 Å². The minimum Gasteiger partial charge on any atom is -0.507 e. The highest BCUT2D eigenvalue weighted by Crippen LogP contribution is 2.41. The zero-order chi connectivity index (χ0) is 22.7. The lowest BCUT2D eigenvalue weighted by molar-refractivity contribution is -0.383. The number of ether oxygens (including phenoxy) is 2. The van der Waals surface area contributed by atoms with Crippen LogP contribution in [0.25, 0.3) is 22.7 Å². The Morgan fingerprint density at radius 2 is 1.90 bits per heavy atom. The number of carbonyl (C=O) groups is 1. The van der Waals surface area contributed by atoms with Crippen molar-refractivity contribution in [2.75, 3.05) is 21.2 Å². The Hall–Kier alpha value is -4.01. The molecule has 31 heavy (non-hydrogen) atoms. The molecule has 0 aliphatic carbocycles. The first-order valence-electron chi connectivity index (χ1n) is 9.40. The van der Waals surface area contributed by atoms with Crippen LogP contribution in [0.1, 0.15) is 18.2 Å². The zero-order valence-corrected chi connectivity index (χ0v) is 17.7. The number of carbonyl (C=O) groups excluding carboxylic acids is 1. The number of aromatic hydroxyl groups is 1. The quantitative estimate of drug-likeness (QED) is 0.348. The molecule has 0 unspecified atom stereocenters. The lowest BCUT2D eigenvalue weighted by Crippen LogP contribution is -2.05. The van der Waals surface area contributed by atoms with Crippen molar-refractivity contribution in [2.45, 2.75) is 13.5 Å². The van der Waals surface area contributed by atoms with Gasteiger partial charge in [-0.15, -0.1) is 0 Å². The minimum absolute atomic E-state index is 0.118.